The van der Waals surface area contributed by atoms with Crippen LogP contribution in [0.2, 0.25) is 0 Å². The van der Waals surface area contributed by atoms with Crippen LogP contribution in [-0.2, 0) is 22.6 Å². The van der Waals surface area contributed by atoms with Crippen LogP contribution in [0.3, 0.4) is 0 Å². The van der Waals surface area contributed by atoms with Crippen LogP contribution in [0.4, 0.5) is 5.69 Å². The molecule has 5 rings (SSSR count). The van der Waals surface area contributed by atoms with E-state index in [1.165, 1.54) is 27.7 Å². The largest absolute Gasteiger partial charge is 0.497 e. The number of nitrogens with zero attached hydrogens (tertiary/aromatic N) is 1. The highest BCUT2D eigenvalue weighted by Gasteiger charge is 2.43. The highest BCUT2D eigenvalue weighted by atomic mass is 16.5. The minimum atomic E-state index is -0.0471. The Morgan fingerprint density at radius 2 is 2.00 bits per heavy atom. The molecule has 33 heavy (non-hydrogen) atoms. The first-order valence-corrected chi connectivity index (χ1v) is 11.9. The summed E-state index contributed by atoms with van der Waals surface area (Å²) in [5, 5.41) is 4.49. The van der Waals surface area contributed by atoms with Gasteiger partial charge in [0.05, 0.1) is 19.6 Å². The number of H-pyrrole nitrogens is 1. The summed E-state index contributed by atoms with van der Waals surface area (Å²) in [5.41, 5.74) is 5.95. The number of carbonyl (C=O) groups is 1. The van der Waals surface area contributed by atoms with Crippen molar-refractivity contribution < 1.29 is 14.3 Å². The van der Waals surface area contributed by atoms with Crippen LogP contribution in [0.1, 0.15) is 42.5 Å². The van der Waals surface area contributed by atoms with Crippen molar-refractivity contribution in [1.29, 1.82) is 0 Å². The third-order valence-electron chi connectivity index (χ3n) is 7.32. The van der Waals surface area contributed by atoms with E-state index in [-0.39, 0.29) is 11.8 Å². The van der Waals surface area contributed by atoms with E-state index in [9.17, 15) is 4.79 Å². The van der Waals surface area contributed by atoms with E-state index in [2.05, 4.69) is 40.3 Å². The molecule has 1 fully saturated rings. The maximum absolute atomic E-state index is 13.3. The molecule has 0 spiro atoms. The molecule has 1 aromatic heterocycles. The van der Waals surface area contributed by atoms with Gasteiger partial charge in [0.15, 0.2) is 0 Å². The fourth-order valence-corrected chi connectivity index (χ4v) is 5.88. The standard InChI is InChI=1S/C27H33N3O3/c1-4-12-30-15-17(27(31)28-18-8-10-19(33-3)11-9-18)13-21-20-6-5-7-23-26(20)22(14-25(21)30)24(29-23)16-32-2/h5-11,17,21,25,29H,4,12-16H2,1-3H3,(H,28,31)/t17-,21-,25-/m1/s1. The third kappa shape index (κ3) is 4.02. The van der Waals surface area contributed by atoms with Crippen molar-refractivity contribution in [2.45, 2.75) is 44.8 Å². The molecule has 174 valence electrons. The molecule has 0 bridgehead atoms. The molecule has 1 aliphatic carbocycles. The van der Waals surface area contributed by atoms with Crippen molar-refractivity contribution in [1.82, 2.24) is 9.88 Å². The van der Waals surface area contributed by atoms with Gasteiger partial charge in [0.1, 0.15) is 5.75 Å². The number of hydrogen-bond acceptors (Lipinski definition) is 4. The van der Waals surface area contributed by atoms with Crippen molar-refractivity contribution in [3.63, 3.8) is 0 Å². The Hall–Kier alpha value is -2.83. The summed E-state index contributed by atoms with van der Waals surface area (Å²) >= 11 is 0. The molecule has 2 aliphatic rings. The molecule has 2 N–H and O–H groups in total. The predicted molar refractivity (Wildman–Crippen MR) is 131 cm³/mol. The smallest absolute Gasteiger partial charge is 0.228 e. The number of benzene rings is 2. The lowest BCUT2D eigenvalue weighted by Crippen LogP contribution is -2.52. The summed E-state index contributed by atoms with van der Waals surface area (Å²) in [4.78, 5) is 19.5. The number of aromatic nitrogens is 1. The molecule has 3 atom stereocenters. The Kier molecular flexibility index (Phi) is 6.13. The Labute approximate surface area is 195 Å². The number of methoxy groups -OCH3 is 2. The average molecular weight is 448 g/mol. The molecule has 2 heterocycles. The summed E-state index contributed by atoms with van der Waals surface area (Å²) in [6.45, 7) is 4.62. The molecule has 2 aromatic carbocycles. The highest BCUT2D eigenvalue weighted by molar-refractivity contribution is 5.93. The van der Waals surface area contributed by atoms with Crippen molar-refractivity contribution in [2.24, 2.45) is 5.92 Å². The minimum absolute atomic E-state index is 0.0471. The second kappa shape index (κ2) is 9.20. The Balaban J connectivity index is 1.45. The molecule has 0 saturated carbocycles. The number of ether oxygens (including phenoxy) is 2. The van der Waals surface area contributed by atoms with Gasteiger partial charge in [-0.3, -0.25) is 9.69 Å². The lowest BCUT2D eigenvalue weighted by Gasteiger charge is -2.47. The zero-order valence-electron chi connectivity index (χ0n) is 19.7. The van der Waals surface area contributed by atoms with Gasteiger partial charge >= 0.3 is 0 Å². The van der Waals surface area contributed by atoms with Gasteiger partial charge in [-0.25, -0.2) is 0 Å². The molecule has 0 radical (unpaired) electrons. The number of aromatic amines is 1. The molecular formula is C27H33N3O3. The van der Waals surface area contributed by atoms with E-state index < -0.39 is 0 Å². The normalized spacial score (nSPS) is 22.2. The minimum Gasteiger partial charge on any atom is -0.497 e. The SMILES string of the molecule is CCCN1C[C@H](C(=O)Nc2ccc(OC)cc2)C[C@@H]2c3cccc4[nH]c(COC)c(c34)C[C@H]21. The zero-order valence-corrected chi connectivity index (χ0v) is 19.7. The zero-order chi connectivity index (χ0) is 22.9. The molecular weight excluding hydrogens is 414 g/mol. The van der Waals surface area contributed by atoms with Crippen LogP contribution < -0.4 is 10.1 Å². The third-order valence-corrected chi connectivity index (χ3v) is 7.32. The van der Waals surface area contributed by atoms with Gasteiger partial charge in [-0.2, -0.15) is 0 Å². The second-order valence-electron chi connectivity index (χ2n) is 9.31. The summed E-state index contributed by atoms with van der Waals surface area (Å²) in [7, 11) is 3.40. The molecule has 6 heteroatoms. The first-order valence-electron chi connectivity index (χ1n) is 11.9. The van der Waals surface area contributed by atoms with Crippen molar-refractivity contribution in [3.05, 3.63) is 59.3 Å². The predicted octanol–water partition coefficient (Wildman–Crippen LogP) is 4.70. The number of rotatable bonds is 7. The molecule has 1 saturated heterocycles. The number of carbonyl (C=O) groups excluding carboxylic acids is 1. The first-order chi connectivity index (χ1) is 16.1. The van der Waals surface area contributed by atoms with Crippen LogP contribution in [0.25, 0.3) is 10.9 Å². The van der Waals surface area contributed by atoms with Crippen LogP contribution in [0.15, 0.2) is 42.5 Å². The summed E-state index contributed by atoms with van der Waals surface area (Å²) in [6, 6.07) is 14.5. The number of hydrogen-bond donors (Lipinski definition) is 2. The van der Waals surface area contributed by atoms with Gasteiger partial charge in [-0.05, 0) is 67.3 Å². The van der Waals surface area contributed by atoms with Gasteiger partial charge in [0.25, 0.3) is 0 Å². The summed E-state index contributed by atoms with van der Waals surface area (Å²) in [6.07, 6.45) is 2.95. The number of likely N-dealkylation sites (tertiary alicyclic amines) is 1. The van der Waals surface area contributed by atoms with Crippen molar-refractivity contribution >= 4 is 22.5 Å². The average Bonchev–Trinajstić information content (AvgIpc) is 3.18. The quantitative estimate of drug-likeness (QED) is 0.551. The second-order valence-corrected chi connectivity index (χ2v) is 9.31. The number of amides is 1. The monoisotopic (exact) mass is 447 g/mol. The van der Waals surface area contributed by atoms with E-state index in [1.54, 1.807) is 14.2 Å². The number of nitrogens with one attached hydrogen (secondary N) is 2. The first kappa shape index (κ1) is 22.0. The Bertz CT molecular complexity index is 1140. The Morgan fingerprint density at radius 3 is 2.73 bits per heavy atom. The highest BCUT2D eigenvalue weighted by Crippen LogP contribution is 2.46. The number of anilines is 1. The van der Waals surface area contributed by atoms with Gasteiger partial charge in [0, 0.05) is 47.9 Å². The molecule has 3 aromatic rings. The van der Waals surface area contributed by atoms with Crippen LogP contribution in [0.5, 0.6) is 5.75 Å². The van der Waals surface area contributed by atoms with Crippen LogP contribution in [-0.4, -0.2) is 49.1 Å². The van der Waals surface area contributed by atoms with Gasteiger partial charge in [-0.15, -0.1) is 0 Å². The fraction of sp³-hybridized carbons (Fsp3) is 0.444. The van der Waals surface area contributed by atoms with E-state index in [0.717, 1.165) is 43.8 Å². The summed E-state index contributed by atoms with van der Waals surface area (Å²) < 4.78 is 10.7. The number of fused-ring (bicyclic) bond motifs is 2. The van der Waals surface area contributed by atoms with Gasteiger partial charge < -0.3 is 19.8 Å². The maximum atomic E-state index is 13.3. The number of piperidine rings is 1. The lowest BCUT2D eigenvalue weighted by atomic mass is 9.71. The Morgan fingerprint density at radius 1 is 1.18 bits per heavy atom. The van der Waals surface area contributed by atoms with E-state index in [0.29, 0.717) is 18.6 Å². The van der Waals surface area contributed by atoms with Crippen molar-refractivity contribution in [3.8, 4) is 5.75 Å². The van der Waals surface area contributed by atoms with Crippen LogP contribution in [0, 0.1) is 5.92 Å². The van der Waals surface area contributed by atoms with E-state index in [4.69, 9.17) is 9.47 Å². The van der Waals surface area contributed by atoms with Gasteiger partial charge in [0.2, 0.25) is 5.91 Å². The van der Waals surface area contributed by atoms with Gasteiger partial charge in [-0.1, -0.05) is 19.1 Å². The fourth-order valence-electron chi connectivity index (χ4n) is 5.88. The van der Waals surface area contributed by atoms with E-state index in [1.807, 2.05) is 24.3 Å². The molecule has 1 amide bonds. The van der Waals surface area contributed by atoms with E-state index >= 15 is 0 Å². The lowest BCUT2D eigenvalue weighted by molar-refractivity contribution is -0.122. The molecule has 6 nitrogen and oxygen atoms in total. The topological polar surface area (TPSA) is 66.6 Å². The maximum Gasteiger partial charge on any atom is 0.228 e. The molecule has 0 unspecified atom stereocenters. The summed E-state index contributed by atoms with van der Waals surface area (Å²) in [5.74, 6) is 1.19. The molecule has 1 aliphatic heterocycles. The van der Waals surface area contributed by atoms with Crippen molar-refractivity contribution in [2.75, 3.05) is 32.6 Å². The van der Waals surface area contributed by atoms with Crippen LogP contribution >= 0.6 is 0 Å².